The van der Waals surface area contributed by atoms with E-state index in [1.54, 1.807) is 24.3 Å². The highest BCUT2D eigenvalue weighted by molar-refractivity contribution is 7.92. The molecule has 0 saturated carbocycles. The number of nitrogens with one attached hydrogen (secondary N) is 1. The zero-order chi connectivity index (χ0) is 20.0. The van der Waals surface area contributed by atoms with E-state index in [2.05, 4.69) is 5.32 Å². The van der Waals surface area contributed by atoms with Gasteiger partial charge in [0, 0.05) is 10.0 Å². The number of carbonyl (C=O) groups excluding carboxylic acids is 1. The topological polar surface area (TPSA) is 75.7 Å². The van der Waals surface area contributed by atoms with E-state index in [0.717, 1.165) is 10.6 Å². The van der Waals surface area contributed by atoms with Gasteiger partial charge in [-0.2, -0.15) is 0 Å². The third-order valence-electron chi connectivity index (χ3n) is 3.34. The van der Waals surface area contributed by atoms with E-state index in [9.17, 15) is 13.2 Å². The maximum Gasteiger partial charge on any atom is 0.240 e. The van der Waals surface area contributed by atoms with Crippen LogP contribution < -0.4 is 14.4 Å². The summed E-state index contributed by atoms with van der Waals surface area (Å²) in [5.41, 5.74) is 0.206. The Morgan fingerprint density at radius 2 is 1.74 bits per heavy atom. The van der Waals surface area contributed by atoms with Gasteiger partial charge in [-0.05, 0) is 30.3 Å². The molecule has 0 unspecified atom stereocenters. The first-order valence-electron chi connectivity index (χ1n) is 7.74. The Kier molecular flexibility index (Phi) is 7.61. The van der Waals surface area contributed by atoms with Crippen molar-refractivity contribution >= 4 is 56.4 Å². The molecule has 0 bridgehead atoms. The van der Waals surface area contributed by atoms with Gasteiger partial charge >= 0.3 is 0 Å². The number of benzene rings is 2. The van der Waals surface area contributed by atoms with Gasteiger partial charge in [0.05, 0.1) is 23.5 Å². The Balaban J connectivity index is 1.95. The fourth-order valence-electron chi connectivity index (χ4n) is 2.18. The lowest BCUT2D eigenvalue weighted by Gasteiger charge is -2.22. The monoisotopic (exact) mass is 450 g/mol. The number of hydrogen-bond donors (Lipinski definition) is 1. The second-order valence-electron chi connectivity index (χ2n) is 5.53. The minimum Gasteiger partial charge on any atom is -0.490 e. The molecule has 2 rings (SSSR count). The highest BCUT2D eigenvalue weighted by atomic mass is 35.5. The molecule has 2 aromatic rings. The maximum atomic E-state index is 12.2. The summed E-state index contributed by atoms with van der Waals surface area (Å²) in [7, 11) is -3.72. The first kappa shape index (κ1) is 21.6. The molecule has 146 valence electrons. The number of amides is 1. The lowest BCUT2D eigenvalue weighted by molar-refractivity contribution is -0.119. The van der Waals surface area contributed by atoms with Crippen molar-refractivity contribution in [2.45, 2.75) is 0 Å². The average molecular weight is 452 g/mol. The van der Waals surface area contributed by atoms with Gasteiger partial charge in [0.25, 0.3) is 0 Å². The molecule has 27 heavy (non-hydrogen) atoms. The van der Waals surface area contributed by atoms with E-state index in [0.29, 0.717) is 10.8 Å². The zero-order valence-electron chi connectivity index (χ0n) is 14.3. The number of anilines is 1. The summed E-state index contributed by atoms with van der Waals surface area (Å²) >= 11 is 17.8. The number of halogens is 3. The summed E-state index contributed by atoms with van der Waals surface area (Å²) in [6.07, 6.45) is 0.996. The third kappa shape index (κ3) is 6.77. The van der Waals surface area contributed by atoms with Crippen LogP contribution in [0, 0.1) is 0 Å². The molecular weight excluding hydrogens is 435 g/mol. The minimum atomic E-state index is -3.72. The molecule has 10 heteroatoms. The van der Waals surface area contributed by atoms with E-state index >= 15 is 0 Å². The van der Waals surface area contributed by atoms with E-state index in [1.165, 1.54) is 18.2 Å². The number of hydrogen-bond acceptors (Lipinski definition) is 4. The Bertz CT molecular complexity index is 902. The Morgan fingerprint density at radius 1 is 1.11 bits per heavy atom. The summed E-state index contributed by atoms with van der Waals surface area (Å²) in [6, 6.07) is 11.3. The molecule has 0 aliphatic heterocycles. The second kappa shape index (κ2) is 9.50. The van der Waals surface area contributed by atoms with Gasteiger partial charge in [-0.3, -0.25) is 9.10 Å². The largest absolute Gasteiger partial charge is 0.490 e. The Labute approximate surface area is 173 Å². The van der Waals surface area contributed by atoms with E-state index < -0.39 is 22.5 Å². The molecular formula is C17H17Cl3N2O4S. The Hall–Kier alpha value is -1.67. The maximum absolute atomic E-state index is 12.2. The zero-order valence-corrected chi connectivity index (χ0v) is 17.4. The molecule has 0 aliphatic carbocycles. The molecule has 0 radical (unpaired) electrons. The second-order valence-corrected chi connectivity index (χ2v) is 8.71. The number of rotatable bonds is 8. The summed E-state index contributed by atoms with van der Waals surface area (Å²) in [5, 5.41) is 3.58. The first-order chi connectivity index (χ1) is 12.7. The van der Waals surface area contributed by atoms with Gasteiger partial charge in [-0.25, -0.2) is 8.42 Å². The van der Waals surface area contributed by atoms with Crippen LogP contribution in [0.3, 0.4) is 0 Å². The molecule has 0 atom stereocenters. The van der Waals surface area contributed by atoms with Crippen LogP contribution in [0.25, 0.3) is 0 Å². The molecule has 1 amide bonds. The Morgan fingerprint density at radius 3 is 2.33 bits per heavy atom. The highest BCUT2D eigenvalue weighted by Crippen LogP contribution is 2.27. The van der Waals surface area contributed by atoms with E-state index in [-0.39, 0.29) is 28.9 Å². The van der Waals surface area contributed by atoms with Crippen LogP contribution in [-0.2, 0) is 14.8 Å². The smallest absolute Gasteiger partial charge is 0.240 e. The standard InChI is InChI=1S/C17H17Cl3N2O4S/c1-27(24,25)22(14-9-12(18)8-13(19)10-14)11-17(23)21-6-7-26-16-5-3-2-4-15(16)20/h2-5,8-10H,6-7,11H2,1H3,(H,21,23). The van der Waals surface area contributed by atoms with Crippen LogP contribution in [0.1, 0.15) is 0 Å². The lowest BCUT2D eigenvalue weighted by atomic mass is 10.3. The van der Waals surface area contributed by atoms with Gasteiger partial charge in [-0.15, -0.1) is 0 Å². The van der Waals surface area contributed by atoms with Gasteiger partial charge in [0.15, 0.2) is 0 Å². The van der Waals surface area contributed by atoms with Gasteiger partial charge < -0.3 is 10.1 Å². The lowest BCUT2D eigenvalue weighted by Crippen LogP contribution is -2.41. The summed E-state index contributed by atoms with van der Waals surface area (Å²) < 4.78 is 30.5. The number of nitrogens with zero attached hydrogens (tertiary/aromatic N) is 1. The highest BCUT2D eigenvalue weighted by Gasteiger charge is 2.21. The molecule has 0 fully saturated rings. The summed E-state index contributed by atoms with van der Waals surface area (Å²) in [6.45, 7) is -0.0586. The van der Waals surface area contributed by atoms with Crippen molar-refractivity contribution in [3.63, 3.8) is 0 Å². The number of carbonyl (C=O) groups is 1. The molecule has 0 aliphatic rings. The average Bonchev–Trinajstić information content (AvgIpc) is 2.56. The minimum absolute atomic E-state index is 0.178. The molecule has 0 saturated heterocycles. The van der Waals surface area contributed by atoms with Crippen molar-refractivity contribution < 1.29 is 17.9 Å². The quantitative estimate of drug-likeness (QED) is 0.622. The molecule has 6 nitrogen and oxygen atoms in total. The van der Waals surface area contributed by atoms with Crippen molar-refractivity contribution in [2.24, 2.45) is 0 Å². The van der Waals surface area contributed by atoms with Crippen molar-refractivity contribution in [1.29, 1.82) is 0 Å². The first-order valence-corrected chi connectivity index (χ1v) is 10.7. The van der Waals surface area contributed by atoms with Crippen LogP contribution in [0.15, 0.2) is 42.5 Å². The van der Waals surface area contributed by atoms with Crippen LogP contribution in [0.5, 0.6) is 5.75 Å². The molecule has 0 spiro atoms. The SMILES string of the molecule is CS(=O)(=O)N(CC(=O)NCCOc1ccccc1Cl)c1cc(Cl)cc(Cl)c1. The third-order valence-corrected chi connectivity index (χ3v) is 5.23. The van der Waals surface area contributed by atoms with Crippen molar-refractivity contribution in [1.82, 2.24) is 5.32 Å². The predicted molar refractivity (Wildman–Crippen MR) is 109 cm³/mol. The molecule has 0 aromatic heterocycles. The van der Waals surface area contributed by atoms with Crippen molar-refractivity contribution in [2.75, 3.05) is 30.3 Å². The van der Waals surface area contributed by atoms with Crippen LogP contribution in [-0.4, -0.2) is 40.3 Å². The number of sulfonamides is 1. The normalized spacial score (nSPS) is 11.1. The van der Waals surface area contributed by atoms with Crippen molar-refractivity contribution in [3.8, 4) is 5.75 Å². The van der Waals surface area contributed by atoms with Crippen molar-refractivity contribution in [3.05, 3.63) is 57.5 Å². The van der Waals surface area contributed by atoms with Gasteiger partial charge in [-0.1, -0.05) is 46.9 Å². The van der Waals surface area contributed by atoms with E-state index in [1.807, 2.05) is 0 Å². The van der Waals surface area contributed by atoms with Crippen LogP contribution in [0.2, 0.25) is 15.1 Å². The molecule has 1 N–H and O–H groups in total. The summed E-state index contributed by atoms with van der Waals surface area (Å²) in [5.74, 6) is -0.000899. The van der Waals surface area contributed by atoms with E-state index in [4.69, 9.17) is 39.5 Å². The fraction of sp³-hybridized carbons (Fsp3) is 0.235. The fourth-order valence-corrected chi connectivity index (χ4v) is 3.73. The predicted octanol–water partition coefficient (Wildman–Crippen LogP) is 3.61. The van der Waals surface area contributed by atoms with Gasteiger partial charge in [0.2, 0.25) is 15.9 Å². The summed E-state index contributed by atoms with van der Waals surface area (Å²) in [4.78, 5) is 12.2. The molecule has 2 aromatic carbocycles. The number of ether oxygens (including phenoxy) is 1. The van der Waals surface area contributed by atoms with Crippen LogP contribution >= 0.6 is 34.8 Å². The van der Waals surface area contributed by atoms with Gasteiger partial charge in [0.1, 0.15) is 18.9 Å². The molecule has 0 heterocycles. The number of para-hydroxylation sites is 1. The van der Waals surface area contributed by atoms with Crippen LogP contribution in [0.4, 0.5) is 5.69 Å².